The number of aromatic nitrogens is 1. The zero-order valence-electron chi connectivity index (χ0n) is 10.4. The second kappa shape index (κ2) is 5.98. The molecule has 1 aromatic heterocycles. The van der Waals surface area contributed by atoms with Crippen LogP contribution in [0.3, 0.4) is 0 Å². The van der Waals surface area contributed by atoms with E-state index in [0.717, 1.165) is 29.1 Å². The first-order chi connectivity index (χ1) is 8.65. The molecule has 2 nitrogen and oxygen atoms in total. The van der Waals surface area contributed by atoms with Crippen molar-refractivity contribution in [2.24, 2.45) is 5.73 Å². The maximum absolute atomic E-state index is 6.21. The fourth-order valence-electron chi connectivity index (χ4n) is 1.96. The minimum atomic E-state index is 0.0418. The van der Waals surface area contributed by atoms with E-state index in [-0.39, 0.29) is 6.04 Å². The Morgan fingerprint density at radius 3 is 2.72 bits per heavy atom. The third-order valence-corrected chi connectivity index (χ3v) is 3.24. The predicted molar refractivity (Wildman–Crippen MR) is 75.8 cm³/mol. The summed E-state index contributed by atoms with van der Waals surface area (Å²) in [7, 11) is 0. The minimum Gasteiger partial charge on any atom is -0.327 e. The second-order valence-electron chi connectivity index (χ2n) is 4.58. The molecule has 94 valence electrons. The molecule has 1 unspecified atom stereocenters. The van der Waals surface area contributed by atoms with Gasteiger partial charge in [-0.05, 0) is 42.7 Å². The lowest BCUT2D eigenvalue weighted by molar-refractivity contribution is 0.654. The number of nitrogens with two attached hydrogens (primary N) is 1. The van der Waals surface area contributed by atoms with Gasteiger partial charge in [0.05, 0.1) is 0 Å². The molecule has 0 bridgehead atoms. The SMILES string of the molecule is Cc1ccc(CC(N)Cc2ccccn2)c(Cl)c1. The van der Waals surface area contributed by atoms with Crippen LogP contribution in [0.2, 0.25) is 5.02 Å². The van der Waals surface area contributed by atoms with Crippen LogP contribution >= 0.6 is 11.6 Å². The highest BCUT2D eigenvalue weighted by Gasteiger charge is 2.09. The van der Waals surface area contributed by atoms with Crippen molar-refractivity contribution in [3.05, 3.63) is 64.4 Å². The Hall–Kier alpha value is -1.38. The lowest BCUT2D eigenvalue weighted by Crippen LogP contribution is -2.26. The largest absolute Gasteiger partial charge is 0.327 e. The summed E-state index contributed by atoms with van der Waals surface area (Å²) in [6, 6.07) is 12.0. The Morgan fingerprint density at radius 2 is 2.06 bits per heavy atom. The van der Waals surface area contributed by atoms with Gasteiger partial charge >= 0.3 is 0 Å². The fourth-order valence-corrected chi connectivity index (χ4v) is 2.27. The number of hydrogen-bond acceptors (Lipinski definition) is 2. The van der Waals surface area contributed by atoms with Crippen LogP contribution in [0.5, 0.6) is 0 Å². The van der Waals surface area contributed by atoms with E-state index in [0.29, 0.717) is 0 Å². The molecule has 0 aliphatic carbocycles. The normalized spacial score (nSPS) is 12.4. The molecule has 1 aromatic carbocycles. The van der Waals surface area contributed by atoms with E-state index < -0.39 is 0 Å². The fraction of sp³-hybridized carbons (Fsp3) is 0.267. The molecule has 0 fully saturated rings. The van der Waals surface area contributed by atoms with E-state index in [1.165, 1.54) is 5.56 Å². The predicted octanol–water partition coefficient (Wildman–Crippen LogP) is 3.16. The minimum absolute atomic E-state index is 0.0418. The van der Waals surface area contributed by atoms with Crippen LogP contribution < -0.4 is 5.73 Å². The molecule has 2 rings (SSSR count). The van der Waals surface area contributed by atoms with Gasteiger partial charge in [0.15, 0.2) is 0 Å². The molecule has 1 atom stereocenters. The van der Waals surface area contributed by atoms with Crippen molar-refractivity contribution in [2.45, 2.75) is 25.8 Å². The molecule has 2 aromatic rings. The highest BCUT2D eigenvalue weighted by molar-refractivity contribution is 6.31. The molecule has 1 heterocycles. The van der Waals surface area contributed by atoms with Gasteiger partial charge in [-0.3, -0.25) is 4.98 Å². The zero-order valence-corrected chi connectivity index (χ0v) is 11.2. The summed E-state index contributed by atoms with van der Waals surface area (Å²) in [6.07, 6.45) is 3.33. The first kappa shape index (κ1) is 13.1. The van der Waals surface area contributed by atoms with E-state index in [4.69, 9.17) is 17.3 Å². The number of halogens is 1. The van der Waals surface area contributed by atoms with Crippen molar-refractivity contribution >= 4 is 11.6 Å². The lowest BCUT2D eigenvalue weighted by Gasteiger charge is -2.12. The standard InChI is InChI=1S/C15H17ClN2/c1-11-5-6-12(15(16)8-11)9-13(17)10-14-4-2-3-7-18-14/h2-8,13H,9-10,17H2,1H3. The number of benzene rings is 1. The Morgan fingerprint density at radius 1 is 1.22 bits per heavy atom. The molecule has 0 radical (unpaired) electrons. The molecular formula is C15H17ClN2. The number of nitrogens with zero attached hydrogens (tertiary/aromatic N) is 1. The average molecular weight is 261 g/mol. The highest BCUT2D eigenvalue weighted by atomic mass is 35.5. The van der Waals surface area contributed by atoms with Gasteiger partial charge in [-0.15, -0.1) is 0 Å². The molecule has 0 aliphatic heterocycles. The highest BCUT2D eigenvalue weighted by Crippen LogP contribution is 2.19. The molecule has 2 N–H and O–H groups in total. The summed E-state index contributed by atoms with van der Waals surface area (Å²) in [5.41, 5.74) is 9.44. The van der Waals surface area contributed by atoms with Gasteiger partial charge in [0.2, 0.25) is 0 Å². The maximum Gasteiger partial charge on any atom is 0.0441 e. The van der Waals surface area contributed by atoms with E-state index in [1.807, 2.05) is 31.2 Å². The Kier molecular flexibility index (Phi) is 4.34. The first-order valence-electron chi connectivity index (χ1n) is 6.05. The van der Waals surface area contributed by atoms with Crippen molar-refractivity contribution in [1.82, 2.24) is 4.98 Å². The number of rotatable bonds is 4. The Balaban J connectivity index is 2.01. The van der Waals surface area contributed by atoms with Crippen LogP contribution in [-0.4, -0.2) is 11.0 Å². The summed E-state index contributed by atoms with van der Waals surface area (Å²) in [4.78, 5) is 4.28. The summed E-state index contributed by atoms with van der Waals surface area (Å²) >= 11 is 6.21. The first-order valence-corrected chi connectivity index (χ1v) is 6.43. The van der Waals surface area contributed by atoms with Crippen molar-refractivity contribution in [2.75, 3.05) is 0 Å². The van der Waals surface area contributed by atoms with Gasteiger partial charge in [-0.25, -0.2) is 0 Å². The third kappa shape index (κ3) is 3.56. The van der Waals surface area contributed by atoms with Gasteiger partial charge in [-0.1, -0.05) is 29.8 Å². The molecule has 0 aliphatic rings. The van der Waals surface area contributed by atoms with Crippen LogP contribution in [-0.2, 0) is 12.8 Å². The van der Waals surface area contributed by atoms with Crippen LogP contribution in [0.4, 0.5) is 0 Å². The lowest BCUT2D eigenvalue weighted by atomic mass is 10.0. The summed E-state index contributed by atoms with van der Waals surface area (Å²) in [5.74, 6) is 0. The maximum atomic E-state index is 6.21. The number of hydrogen-bond donors (Lipinski definition) is 1. The van der Waals surface area contributed by atoms with Gasteiger partial charge in [0.25, 0.3) is 0 Å². The summed E-state index contributed by atoms with van der Waals surface area (Å²) in [6.45, 7) is 2.03. The quantitative estimate of drug-likeness (QED) is 0.917. The molecule has 18 heavy (non-hydrogen) atoms. The van der Waals surface area contributed by atoms with Crippen LogP contribution in [0.15, 0.2) is 42.6 Å². The average Bonchev–Trinajstić information content (AvgIpc) is 2.34. The monoisotopic (exact) mass is 260 g/mol. The topological polar surface area (TPSA) is 38.9 Å². The van der Waals surface area contributed by atoms with E-state index in [1.54, 1.807) is 6.20 Å². The van der Waals surface area contributed by atoms with Crippen molar-refractivity contribution in [3.8, 4) is 0 Å². The summed E-state index contributed by atoms with van der Waals surface area (Å²) in [5, 5.41) is 0.798. The van der Waals surface area contributed by atoms with Gasteiger partial charge in [0, 0.05) is 29.4 Å². The Labute approximate surface area is 113 Å². The summed E-state index contributed by atoms with van der Waals surface area (Å²) < 4.78 is 0. The molecule has 3 heteroatoms. The van der Waals surface area contributed by atoms with E-state index >= 15 is 0 Å². The van der Waals surface area contributed by atoms with Crippen LogP contribution in [0, 0.1) is 6.92 Å². The second-order valence-corrected chi connectivity index (χ2v) is 4.99. The number of pyridine rings is 1. The molecule has 0 saturated carbocycles. The van der Waals surface area contributed by atoms with Gasteiger partial charge in [-0.2, -0.15) is 0 Å². The third-order valence-electron chi connectivity index (χ3n) is 2.89. The van der Waals surface area contributed by atoms with Gasteiger partial charge in [0.1, 0.15) is 0 Å². The molecule has 0 spiro atoms. The Bertz CT molecular complexity index is 511. The molecule has 0 saturated heterocycles. The van der Waals surface area contributed by atoms with E-state index in [9.17, 15) is 0 Å². The van der Waals surface area contributed by atoms with Crippen LogP contribution in [0.25, 0.3) is 0 Å². The number of aryl methyl sites for hydroxylation is 1. The smallest absolute Gasteiger partial charge is 0.0441 e. The zero-order chi connectivity index (χ0) is 13.0. The molecule has 0 amide bonds. The van der Waals surface area contributed by atoms with Crippen molar-refractivity contribution in [1.29, 1.82) is 0 Å². The van der Waals surface area contributed by atoms with Crippen LogP contribution in [0.1, 0.15) is 16.8 Å². The van der Waals surface area contributed by atoms with Gasteiger partial charge < -0.3 is 5.73 Å². The van der Waals surface area contributed by atoms with E-state index in [2.05, 4.69) is 17.1 Å². The molecular weight excluding hydrogens is 244 g/mol. The van der Waals surface area contributed by atoms with Crippen molar-refractivity contribution in [3.63, 3.8) is 0 Å². The van der Waals surface area contributed by atoms with Crippen molar-refractivity contribution < 1.29 is 0 Å².